The number of ether oxygens (including phenoxy) is 1. The Morgan fingerprint density at radius 1 is 1.52 bits per heavy atom. The van der Waals surface area contributed by atoms with Gasteiger partial charge in [-0.2, -0.15) is 5.26 Å². The van der Waals surface area contributed by atoms with Crippen molar-refractivity contribution in [3.05, 3.63) is 39.7 Å². The van der Waals surface area contributed by atoms with Crippen LogP contribution in [-0.2, 0) is 6.42 Å². The minimum Gasteiger partial charge on any atom is -0.490 e. The van der Waals surface area contributed by atoms with E-state index in [0.717, 1.165) is 23.3 Å². The van der Waals surface area contributed by atoms with Crippen LogP contribution >= 0.6 is 11.8 Å². The zero-order valence-corrected chi connectivity index (χ0v) is 12.5. The molecule has 106 valence electrons. The zero-order chi connectivity index (χ0) is 15.0. The number of rotatable bonds is 2. The molecule has 1 aliphatic heterocycles. The van der Waals surface area contributed by atoms with Crippen molar-refractivity contribution in [2.75, 3.05) is 6.26 Å². The maximum absolute atomic E-state index is 12.0. The average Bonchev–Trinajstić information content (AvgIpc) is 2.85. The molecule has 2 heterocycles. The Bertz CT molecular complexity index is 808. The van der Waals surface area contributed by atoms with Crippen LogP contribution in [-0.4, -0.2) is 22.3 Å². The Kier molecular flexibility index (Phi) is 3.43. The van der Waals surface area contributed by atoms with Gasteiger partial charge in [0.05, 0.1) is 5.69 Å². The van der Waals surface area contributed by atoms with Crippen molar-refractivity contribution >= 4 is 11.8 Å². The molecule has 3 rings (SSSR count). The van der Waals surface area contributed by atoms with Gasteiger partial charge in [-0.3, -0.25) is 4.79 Å². The maximum Gasteiger partial charge on any atom is 0.270 e. The highest BCUT2D eigenvalue weighted by Gasteiger charge is 2.21. The molecule has 0 aliphatic carbocycles. The number of hydrogen-bond donors (Lipinski definition) is 1. The van der Waals surface area contributed by atoms with Crippen molar-refractivity contribution in [1.29, 1.82) is 5.26 Å². The van der Waals surface area contributed by atoms with Crippen molar-refractivity contribution in [2.24, 2.45) is 0 Å². The first-order valence-electron chi connectivity index (χ1n) is 6.50. The fourth-order valence-electron chi connectivity index (χ4n) is 2.43. The topological polar surface area (TPSA) is 78.8 Å². The van der Waals surface area contributed by atoms with E-state index in [-0.39, 0.29) is 11.7 Å². The molecular formula is C15H13N3O2S. The number of nitrogens with one attached hydrogen (secondary N) is 1. The quantitative estimate of drug-likeness (QED) is 0.680. The van der Waals surface area contributed by atoms with E-state index in [4.69, 9.17) is 4.74 Å². The summed E-state index contributed by atoms with van der Waals surface area (Å²) in [4.78, 5) is 18.9. The minimum absolute atomic E-state index is 0.0414. The van der Waals surface area contributed by atoms with E-state index in [1.807, 2.05) is 37.4 Å². The molecule has 5 nitrogen and oxygen atoms in total. The number of nitrogens with zero attached hydrogens (tertiary/aromatic N) is 2. The summed E-state index contributed by atoms with van der Waals surface area (Å²) in [6.45, 7) is 2.01. The lowest BCUT2D eigenvalue weighted by atomic mass is 10.0. The Hall–Kier alpha value is -2.26. The number of fused-ring (bicyclic) bond motifs is 1. The summed E-state index contributed by atoms with van der Waals surface area (Å²) in [7, 11) is 0. The summed E-state index contributed by atoms with van der Waals surface area (Å²) in [5.41, 5.74) is 1.91. The van der Waals surface area contributed by atoms with Gasteiger partial charge in [-0.1, -0.05) is 11.8 Å². The molecule has 1 aromatic heterocycles. The lowest BCUT2D eigenvalue weighted by molar-refractivity contribution is 0.254. The predicted molar refractivity (Wildman–Crippen MR) is 80.6 cm³/mol. The van der Waals surface area contributed by atoms with E-state index in [0.29, 0.717) is 10.9 Å². The third-order valence-electron chi connectivity index (χ3n) is 3.37. The van der Waals surface area contributed by atoms with Gasteiger partial charge in [0, 0.05) is 12.0 Å². The summed E-state index contributed by atoms with van der Waals surface area (Å²) >= 11 is 1.34. The number of nitriles is 1. The van der Waals surface area contributed by atoms with Gasteiger partial charge in [0.15, 0.2) is 5.16 Å². The highest BCUT2D eigenvalue weighted by Crippen LogP contribution is 2.33. The molecule has 0 fully saturated rings. The van der Waals surface area contributed by atoms with Gasteiger partial charge in [0.25, 0.3) is 5.56 Å². The van der Waals surface area contributed by atoms with Crippen LogP contribution in [0, 0.1) is 11.3 Å². The van der Waals surface area contributed by atoms with E-state index < -0.39 is 5.56 Å². The molecule has 1 unspecified atom stereocenters. The highest BCUT2D eigenvalue weighted by molar-refractivity contribution is 7.98. The molecule has 1 aliphatic rings. The number of thioether (sulfide) groups is 1. The lowest BCUT2D eigenvalue weighted by Crippen LogP contribution is -2.14. The summed E-state index contributed by atoms with van der Waals surface area (Å²) in [5, 5.41) is 9.72. The highest BCUT2D eigenvalue weighted by atomic mass is 32.2. The Balaban J connectivity index is 2.17. The lowest BCUT2D eigenvalue weighted by Gasteiger charge is -2.07. The summed E-state index contributed by atoms with van der Waals surface area (Å²) < 4.78 is 5.67. The predicted octanol–water partition coefficient (Wildman–Crippen LogP) is 2.35. The number of H-pyrrole nitrogens is 1. The normalized spacial score (nSPS) is 16.1. The third kappa shape index (κ3) is 2.41. The largest absolute Gasteiger partial charge is 0.490 e. The number of aromatic nitrogens is 2. The van der Waals surface area contributed by atoms with E-state index in [9.17, 15) is 10.1 Å². The molecular weight excluding hydrogens is 286 g/mol. The van der Waals surface area contributed by atoms with Gasteiger partial charge in [-0.05, 0) is 36.9 Å². The van der Waals surface area contributed by atoms with Gasteiger partial charge in [-0.25, -0.2) is 4.98 Å². The van der Waals surface area contributed by atoms with Crippen LogP contribution in [0.3, 0.4) is 0 Å². The van der Waals surface area contributed by atoms with Crippen LogP contribution in [0.1, 0.15) is 18.1 Å². The second kappa shape index (κ2) is 5.26. The summed E-state index contributed by atoms with van der Waals surface area (Å²) in [6.07, 6.45) is 2.80. The number of hydrogen-bond acceptors (Lipinski definition) is 5. The Morgan fingerprint density at radius 2 is 2.33 bits per heavy atom. The van der Waals surface area contributed by atoms with Crippen molar-refractivity contribution in [1.82, 2.24) is 9.97 Å². The zero-order valence-electron chi connectivity index (χ0n) is 11.6. The van der Waals surface area contributed by atoms with Gasteiger partial charge >= 0.3 is 0 Å². The van der Waals surface area contributed by atoms with Crippen LogP contribution in [0.2, 0.25) is 0 Å². The number of benzene rings is 1. The molecule has 1 atom stereocenters. The second-order valence-electron chi connectivity index (χ2n) is 4.87. The molecule has 0 spiro atoms. The van der Waals surface area contributed by atoms with E-state index in [1.54, 1.807) is 0 Å². The van der Waals surface area contributed by atoms with Crippen LogP contribution in [0.4, 0.5) is 0 Å². The summed E-state index contributed by atoms with van der Waals surface area (Å²) in [5.74, 6) is 0.861. The fraction of sp³-hybridized carbons (Fsp3) is 0.267. The van der Waals surface area contributed by atoms with Gasteiger partial charge in [0.1, 0.15) is 23.5 Å². The molecule has 1 aromatic carbocycles. The first-order valence-corrected chi connectivity index (χ1v) is 7.73. The monoisotopic (exact) mass is 299 g/mol. The van der Waals surface area contributed by atoms with Crippen molar-refractivity contribution in [3.63, 3.8) is 0 Å². The molecule has 6 heteroatoms. The van der Waals surface area contributed by atoms with Crippen molar-refractivity contribution in [3.8, 4) is 23.1 Å². The fourth-order valence-corrected chi connectivity index (χ4v) is 2.81. The average molecular weight is 299 g/mol. The molecule has 21 heavy (non-hydrogen) atoms. The SMILES string of the molecule is CSc1nc(-c2ccc3c(c2)CC(C)O3)c(C#N)c(=O)[nH]1. The van der Waals surface area contributed by atoms with E-state index >= 15 is 0 Å². The smallest absolute Gasteiger partial charge is 0.270 e. The number of aromatic amines is 1. The first-order chi connectivity index (χ1) is 10.1. The van der Waals surface area contributed by atoms with Crippen LogP contribution < -0.4 is 10.3 Å². The molecule has 0 saturated carbocycles. The Morgan fingerprint density at radius 3 is 3.05 bits per heavy atom. The van der Waals surface area contributed by atoms with E-state index in [1.165, 1.54) is 11.8 Å². The molecule has 1 N–H and O–H groups in total. The molecule has 2 aromatic rings. The van der Waals surface area contributed by atoms with Gasteiger partial charge in [-0.15, -0.1) is 0 Å². The molecule has 0 bridgehead atoms. The standard InChI is InChI=1S/C15H13N3O2S/c1-8-5-10-6-9(3-4-12(10)20-8)13-11(7-16)14(19)18-15(17-13)21-2/h3-4,6,8H,5H2,1-2H3,(H,17,18,19). The van der Waals surface area contributed by atoms with Crippen LogP contribution in [0.25, 0.3) is 11.3 Å². The maximum atomic E-state index is 12.0. The molecule has 0 radical (unpaired) electrons. The molecule has 0 amide bonds. The van der Waals surface area contributed by atoms with Crippen LogP contribution in [0.5, 0.6) is 5.75 Å². The first kappa shape index (κ1) is 13.7. The van der Waals surface area contributed by atoms with Gasteiger partial charge in [0.2, 0.25) is 0 Å². The second-order valence-corrected chi connectivity index (χ2v) is 5.66. The third-order valence-corrected chi connectivity index (χ3v) is 3.95. The Labute approximate surface area is 126 Å². The van der Waals surface area contributed by atoms with E-state index in [2.05, 4.69) is 9.97 Å². The van der Waals surface area contributed by atoms with Gasteiger partial charge < -0.3 is 9.72 Å². The van der Waals surface area contributed by atoms with Crippen molar-refractivity contribution in [2.45, 2.75) is 24.6 Å². The van der Waals surface area contributed by atoms with Crippen molar-refractivity contribution < 1.29 is 4.74 Å². The summed E-state index contributed by atoms with van der Waals surface area (Å²) in [6, 6.07) is 7.60. The minimum atomic E-state index is -0.406. The van der Waals surface area contributed by atoms with Crippen LogP contribution in [0.15, 0.2) is 28.2 Å². The molecule has 0 saturated heterocycles.